The summed E-state index contributed by atoms with van der Waals surface area (Å²) in [6.45, 7) is 3.53. The second-order valence-electron chi connectivity index (χ2n) is 2.69. The van der Waals surface area contributed by atoms with Gasteiger partial charge in [-0.3, -0.25) is 0 Å². The molecule has 0 aromatic heterocycles. The first-order valence-corrected chi connectivity index (χ1v) is 3.97. The van der Waals surface area contributed by atoms with Gasteiger partial charge < -0.3 is 15.3 Å². The zero-order valence-electron chi connectivity index (χ0n) is 6.74. The van der Waals surface area contributed by atoms with Crippen LogP contribution in [0, 0.1) is 6.92 Å². The Morgan fingerprint density at radius 1 is 1.00 bits per heavy atom. The molecule has 0 saturated carbocycles. The van der Waals surface area contributed by atoms with Crippen LogP contribution >= 0.6 is 0 Å². The third-order valence-corrected chi connectivity index (χ3v) is 1.63. The number of aliphatic hydroxyl groups excluding tert-OH is 3. The summed E-state index contributed by atoms with van der Waals surface area (Å²) in [7, 11) is 0. The number of hydrogen-bond acceptors (Lipinski definition) is 3. The molecule has 0 amide bonds. The molecule has 0 spiro atoms. The van der Waals surface area contributed by atoms with Gasteiger partial charge in [0.15, 0.2) is 0 Å². The molecule has 0 saturated heterocycles. The molecule has 3 nitrogen and oxygen atoms in total. The minimum Gasteiger partial charge on any atom is -0.396 e. The van der Waals surface area contributed by atoms with Crippen LogP contribution in [0.4, 0.5) is 0 Å². The van der Waals surface area contributed by atoms with Crippen molar-refractivity contribution in [1.29, 1.82) is 0 Å². The van der Waals surface area contributed by atoms with Gasteiger partial charge in [0.05, 0.1) is 12.2 Å². The Labute approximate surface area is 67.7 Å². The van der Waals surface area contributed by atoms with Crippen LogP contribution in [0.2, 0.25) is 0 Å². The van der Waals surface area contributed by atoms with Gasteiger partial charge in [-0.15, -0.1) is 0 Å². The van der Waals surface area contributed by atoms with Crippen LogP contribution in [0.1, 0.15) is 25.7 Å². The molecule has 3 heteroatoms. The van der Waals surface area contributed by atoms with Gasteiger partial charge >= 0.3 is 0 Å². The van der Waals surface area contributed by atoms with E-state index in [1.54, 1.807) is 0 Å². The van der Waals surface area contributed by atoms with E-state index in [0.29, 0.717) is 25.7 Å². The summed E-state index contributed by atoms with van der Waals surface area (Å²) in [4.78, 5) is 0. The van der Waals surface area contributed by atoms with E-state index < -0.39 is 12.2 Å². The second-order valence-corrected chi connectivity index (χ2v) is 2.69. The van der Waals surface area contributed by atoms with E-state index in [9.17, 15) is 0 Å². The van der Waals surface area contributed by atoms with Gasteiger partial charge in [-0.25, -0.2) is 0 Å². The van der Waals surface area contributed by atoms with Gasteiger partial charge in [-0.1, -0.05) is 6.92 Å². The molecule has 0 aliphatic heterocycles. The zero-order chi connectivity index (χ0) is 8.69. The van der Waals surface area contributed by atoms with Gasteiger partial charge in [-0.2, -0.15) is 0 Å². The molecule has 1 radical (unpaired) electrons. The minimum absolute atomic E-state index is 0.00162. The van der Waals surface area contributed by atoms with Gasteiger partial charge in [0.1, 0.15) is 0 Å². The number of aliphatic hydroxyl groups is 3. The molecule has 0 bridgehead atoms. The third-order valence-electron chi connectivity index (χ3n) is 1.63. The van der Waals surface area contributed by atoms with Crippen molar-refractivity contribution in [3.05, 3.63) is 6.92 Å². The van der Waals surface area contributed by atoms with Crippen LogP contribution in [0.3, 0.4) is 0 Å². The molecule has 3 N–H and O–H groups in total. The van der Waals surface area contributed by atoms with Crippen molar-refractivity contribution in [1.82, 2.24) is 0 Å². The Balaban J connectivity index is 3.22. The molecule has 0 fully saturated rings. The Morgan fingerprint density at radius 2 is 1.55 bits per heavy atom. The second kappa shape index (κ2) is 6.58. The first-order valence-electron chi connectivity index (χ1n) is 3.97. The smallest absolute Gasteiger partial charge is 0.0563 e. The average molecular weight is 161 g/mol. The van der Waals surface area contributed by atoms with Crippen molar-refractivity contribution < 1.29 is 15.3 Å². The highest BCUT2D eigenvalue weighted by molar-refractivity contribution is 4.61. The van der Waals surface area contributed by atoms with Gasteiger partial charge in [0.2, 0.25) is 0 Å². The Morgan fingerprint density at radius 3 is 2.00 bits per heavy atom. The predicted octanol–water partition coefficient (Wildman–Crippen LogP) is 0.0950. The van der Waals surface area contributed by atoms with Crippen molar-refractivity contribution in [3.63, 3.8) is 0 Å². The molecule has 0 rings (SSSR count). The van der Waals surface area contributed by atoms with Gasteiger partial charge in [-0.05, 0) is 25.7 Å². The van der Waals surface area contributed by atoms with E-state index >= 15 is 0 Å². The standard InChI is InChI=1S/C8H17O3/c1-2-7(10)3-4-8(11)5-6-9/h7-11H,1-6H2. The lowest BCUT2D eigenvalue weighted by Crippen LogP contribution is -2.13. The molecular weight excluding hydrogens is 144 g/mol. The van der Waals surface area contributed by atoms with Crippen LogP contribution in [0.15, 0.2) is 0 Å². The fourth-order valence-electron chi connectivity index (χ4n) is 0.822. The maximum absolute atomic E-state index is 9.10. The quantitative estimate of drug-likeness (QED) is 0.517. The summed E-state index contributed by atoms with van der Waals surface area (Å²) in [5.41, 5.74) is 0. The van der Waals surface area contributed by atoms with Crippen LogP contribution in [-0.4, -0.2) is 34.1 Å². The molecule has 0 aromatic rings. The number of rotatable bonds is 6. The van der Waals surface area contributed by atoms with E-state index in [2.05, 4.69) is 6.92 Å². The summed E-state index contributed by atoms with van der Waals surface area (Å²) in [5.74, 6) is 0. The van der Waals surface area contributed by atoms with Crippen LogP contribution in [-0.2, 0) is 0 Å². The molecule has 0 aliphatic carbocycles. The van der Waals surface area contributed by atoms with E-state index in [0.717, 1.165) is 0 Å². The summed E-state index contributed by atoms with van der Waals surface area (Å²) in [6.07, 6.45) is 1.07. The molecule has 2 atom stereocenters. The molecule has 0 aliphatic rings. The monoisotopic (exact) mass is 161 g/mol. The minimum atomic E-state index is -0.485. The van der Waals surface area contributed by atoms with Gasteiger partial charge in [0.25, 0.3) is 0 Å². The maximum atomic E-state index is 9.10. The lowest BCUT2D eigenvalue weighted by Gasteiger charge is -2.11. The summed E-state index contributed by atoms with van der Waals surface area (Å²) >= 11 is 0. The average Bonchev–Trinajstić information content (AvgIpc) is 2.01. The molecular formula is C8H17O3. The lowest BCUT2D eigenvalue weighted by atomic mass is 10.1. The molecule has 67 valence electrons. The first-order chi connectivity index (χ1) is 5.20. The SMILES string of the molecule is [CH2]CC(O)CCC(O)CCO. The summed E-state index contributed by atoms with van der Waals surface area (Å²) < 4.78 is 0. The van der Waals surface area contributed by atoms with Crippen molar-refractivity contribution >= 4 is 0 Å². The molecule has 0 heterocycles. The first kappa shape index (κ1) is 10.9. The van der Waals surface area contributed by atoms with Crippen LogP contribution in [0.5, 0.6) is 0 Å². The Bertz CT molecular complexity index is 85.4. The highest BCUT2D eigenvalue weighted by Crippen LogP contribution is 2.06. The largest absolute Gasteiger partial charge is 0.396 e. The van der Waals surface area contributed by atoms with Crippen molar-refractivity contribution in [3.8, 4) is 0 Å². The fraction of sp³-hybridized carbons (Fsp3) is 0.875. The van der Waals surface area contributed by atoms with Crippen molar-refractivity contribution in [2.75, 3.05) is 6.61 Å². The maximum Gasteiger partial charge on any atom is 0.0563 e. The van der Waals surface area contributed by atoms with Crippen molar-refractivity contribution in [2.24, 2.45) is 0 Å². The Hall–Kier alpha value is -0.120. The third kappa shape index (κ3) is 6.28. The normalized spacial score (nSPS) is 16.4. The van der Waals surface area contributed by atoms with Crippen LogP contribution in [0.25, 0.3) is 0 Å². The highest BCUT2D eigenvalue weighted by atomic mass is 16.3. The molecule has 11 heavy (non-hydrogen) atoms. The fourth-order valence-corrected chi connectivity index (χ4v) is 0.822. The van der Waals surface area contributed by atoms with E-state index in [1.165, 1.54) is 0 Å². The highest BCUT2D eigenvalue weighted by Gasteiger charge is 2.06. The number of hydrogen-bond donors (Lipinski definition) is 3. The summed E-state index contributed by atoms with van der Waals surface area (Å²) in [5, 5.41) is 26.6. The molecule has 0 aromatic carbocycles. The predicted molar refractivity (Wildman–Crippen MR) is 42.9 cm³/mol. The van der Waals surface area contributed by atoms with E-state index in [-0.39, 0.29) is 6.61 Å². The Kier molecular flexibility index (Phi) is 6.51. The topological polar surface area (TPSA) is 60.7 Å². The van der Waals surface area contributed by atoms with Crippen LogP contribution < -0.4 is 0 Å². The van der Waals surface area contributed by atoms with Crippen molar-refractivity contribution in [2.45, 2.75) is 37.9 Å². The summed E-state index contributed by atoms with van der Waals surface area (Å²) in [6, 6.07) is 0. The van der Waals surface area contributed by atoms with E-state index in [1.807, 2.05) is 0 Å². The lowest BCUT2D eigenvalue weighted by molar-refractivity contribution is 0.0950. The molecule has 2 unspecified atom stereocenters. The van der Waals surface area contributed by atoms with Gasteiger partial charge in [0, 0.05) is 6.61 Å². The zero-order valence-corrected chi connectivity index (χ0v) is 6.74. The van der Waals surface area contributed by atoms with E-state index in [4.69, 9.17) is 15.3 Å².